The number of hydrogen-bond donors (Lipinski definition) is 1. The lowest BCUT2D eigenvalue weighted by Crippen LogP contribution is -1.95. The van der Waals surface area contributed by atoms with Crippen LogP contribution in [0.3, 0.4) is 0 Å². The van der Waals surface area contributed by atoms with Gasteiger partial charge in [-0.3, -0.25) is 4.98 Å². The van der Waals surface area contributed by atoms with E-state index in [1.807, 2.05) is 18.2 Å². The van der Waals surface area contributed by atoms with Gasteiger partial charge in [-0.15, -0.1) is 0 Å². The van der Waals surface area contributed by atoms with Crippen LogP contribution >= 0.6 is 0 Å². The Morgan fingerprint density at radius 2 is 1.77 bits per heavy atom. The minimum atomic E-state index is 0.542. The van der Waals surface area contributed by atoms with Crippen LogP contribution in [0.5, 0.6) is 5.75 Å². The number of nitrogens with one attached hydrogen (secondary N) is 1. The van der Waals surface area contributed by atoms with Crippen LogP contribution in [0.1, 0.15) is 25.3 Å². The van der Waals surface area contributed by atoms with Gasteiger partial charge in [-0.1, -0.05) is 38.1 Å². The van der Waals surface area contributed by atoms with Crippen LogP contribution in [0.2, 0.25) is 0 Å². The average molecular weight is 292 g/mol. The molecule has 0 radical (unpaired) electrons. The maximum Gasteiger partial charge on any atom is 0.145 e. The van der Waals surface area contributed by atoms with E-state index in [0.717, 1.165) is 28.0 Å². The summed E-state index contributed by atoms with van der Waals surface area (Å²) in [4.78, 5) is 4.43. The molecule has 0 amide bonds. The Morgan fingerprint density at radius 1 is 1.00 bits per heavy atom. The van der Waals surface area contributed by atoms with Gasteiger partial charge in [0.05, 0.1) is 7.11 Å². The second kappa shape index (κ2) is 6.06. The van der Waals surface area contributed by atoms with Crippen LogP contribution in [0.25, 0.3) is 10.9 Å². The van der Waals surface area contributed by atoms with E-state index in [1.54, 1.807) is 13.3 Å². The number of pyridine rings is 1. The molecule has 0 fully saturated rings. The number of rotatable bonds is 4. The van der Waals surface area contributed by atoms with Crippen LogP contribution in [-0.4, -0.2) is 12.1 Å². The van der Waals surface area contributed by atoms with Crippen LogP contribution < -0.4 is 10.1 Å². The molecule has 112 valence electrons. The van der Waals surface area contributed by atoms with Crippen molar-refractivity contribution in [2.75, 3.05) is 12.4 Å². The Morgan fingerprint density at radius 3 is 2.45 bits per heavy atom. The van der Waals surface area contributed by atoms with Crippen molar-refractivity contribution >= 4 is 22.3 Å². The fourth-order valence-electron chi connectivity index (χ4n) is 2.53. The van der Waals surface area contributed by atoms with Gasteiger partial charge in [0.15, 0.2) is 0 Å². The number of benzene rings is 2. The zero-order valence-electron chi connectivity index (χ0n) is 13.1. The zero-order chi connectivity index (χ0) is 15.5. The molecular weight excluding hydrogens is 272 g/mol. The summed E-state index contributed by atoms with van der Waals surface area (Å²) in [5.74, 6) is 1.33. The summed E-state index contributed by atoms with van der Waals surface area (Å²) in [6.45, 7) is 4.40. The summed E-state index contributed by atoms with van der Waals surface area (Å²) in [5, 5.41) is 4.52. The summed E-state index contributed by atoms with van der Waals surface area (Å²) >= 11 is 0. The molecule has 2 aromatic carbocycles. The van der Waals surface area contributed by atoms with Crippen LogP contribution in [0.15, 0.2) is 54.7 Å². The molecule has 3 nitrogen and oxygen atoms in total. The number of aromatic nitrogens is 1. The molecule has 0 saturated heterocycles. The molecule has 0 atom stereocenters. The highest BCUT2D eigenvalue weighted by Crippen LogP contribution is 2.30. The van der Waals surface area contributed by atoms with E-state index in [4.69, 9.17) is 4.74 Å². The highest BCUT2D eigenvalue weighted by molar-refractivity contribution is 5.96. The van der Waals surface area contributed by atoms with Crippen molar-refractivity contribution in [1.29, 1.82) is 0 Å². The number of nitrogens with zero attached hydrogens (tertiary/aromatic N) is 1. The number of anilines is 2. The topological polar surface area (TPSA) is 34.1 Å². The van der Waals surface area contributed by atoms with Crippen LogP contribution in [0, 0.1) is 0 Å². The molecule has 3 aromatic rings. The molecular formula is C19H20N2O. The SMILES string of the molecule is COc1cccc2c(Nc3ccc(C(C)C)cc3)ccnc12. The van der Waals surface area contributed by atoms with Crippen molar-refractivity contribution < 1.29 is 4.74 Å². The minimum Gasteiger partial charge on any atom is -0.494 e. The van der Waals surface area contributed by atoms with Gasteiger partial charge in [-0.05, 0) is 35.7 Å². The minimum absolute atomic E-state index is 0.542. The molecule has 0 bridgehead atoms. The lowest BCUT2D eigenvalue weighted by molar-refractivity contribution is 0.419. The fraction of sp³-hybridized carbons (Fsp3) is 0.211. The molecule has 0 unspecified atom stereocenters. The molecule has 1 N–H and O–H groups in total. The third kappa shape index (κ3) is 2.75. The molecule has 0 saturated carbocycles. The van der Waals surface area contributed by atoms with E-state index >= 15 is 0 Å². The summed E-state index contributed by atoms with van der Waals surface area (Å²) < 4.78 is 5.38. The first-order valence-corrected chi connectivity index (χ1v) is 7.47. The van der Waals surface area contributed by atoms with E-state index < -0.39 is 0 Å². The molecule has 0 aliphatic carbocycles. The monoisotopic (exact) mass is 292 g/mol. The maximum atomic E-state index is 5.38. The summed E-state index contributed by atoms with van der Waals surface area (Å²) in [6, 6.07) is 16.5. The molecule has 0 aliphatic rings. The lowest BCUT2D eigenvalue weighted by atomic mass is 10.0. The predicted octanol–water partition coefficient (Wildman–Crippen LogP) is 5.11. The average Bonchev–Trinajstić information content (AvgIpc) is 2.55. The summed E-state index contributed by atoms with van der Waals surface area (Å²) in [6.07, 6.45) is 1.80. The quantitative estimate of drug-likeness (QED) is 0.725. The van der Waals surface area contributed by atoms with E-state index in [-0.39, 0.29) is 0 Å². The summed E-state index contributed by atoms with van der Waals surface area (Å²) in [5.41, 5.74) is 4.31. The number of para-hydroxylation sites is 1. The van der Waals surface area contributed by atoms with Crippen molar-refractivity contribution in [1.82, 2.24) is 4.98 Å². The Labute approximate surface area is 131 Å². The fourth-order valence-corrected chi connectivity index (χ4v) is 2.53. The van der Waals surface area contributed by atoms with Gasteiger partial charge in [-0.25, -0.2) is 0 Å². The van der Waals surface area contributed by atoms with E-state index in [1.165, 1.54) is 5.56 Å². The Kier molecular flexibility index (Phi) is 3.96. The second-order valence-electron chi connectivity index (χ2n) is 5.62. The largest absolute Gasteiger partial charge is 0.494 e. The number of fused-ring (bicyclic) bond motifs is 1. The van der Waals surface area contributed by atoms with E-state index in [9.17, 15) is 0 Å². The molecule has 3 rings (SSSR count). The smallest absolute Gasteiger partial charge is 0.145 e. The van der Waals surface area contributed by atoms with Crippen LogP contribution in [0.4, 0.5) is 11.4 Å². The maximum absolute atomic E-state index is 5.38. The first-order valence-electron chi connectivity index (χ1n) is 7.47. The third-order valence-corrected chi connectivity index (χ3v) is 3.81. The van der Waals surface area contributed by atoms with Gasteiger partial charge in [0.1, 0.15) is 11.3 Å². The molecule has 1 aromatic heterocycles. The third-order valence-electron chi connectivity index (χ3n) is 3.81. The van der Waals surface area contributed by atoms with Gasteiger partial charge in [0.2, 0.25) is 0 Å². The Balaban J connectivity index is 1.97. The van der Waals surface area contributed by atoms with Crippen LogP contribution in [-0.2, 0) is 0 Å². The predicted molar refractivity (Wildman–Crippen MR) is 92.1 cm³/mol. The van der Waals surface area contributed by atoms with Crippen molar-refractivity contribution in [2.45, 2.75) is 19.8 Å². The molecule has 3 heteroatoms. The van der Waals surface area contributed by atoms with Crippen molar-refractivity contribution in [2.24, 2.45) is 0 Å². The molecule has 1 heterocycles. The zero-order valence-corrected chi connectivity index (χ0v) is 13.1. The van der Waals surface area contributed by atoms with E-state index in [2.05, 4.69) is 54.5 Å². The first-order chi connectivity index (χ1) is 10.7. The number of hydrogen-bond acceptors (Lipinski definition) is 3. The second-order valence-corrected chi connectivity index (χ2v) is 5.62. The standard InChI is InChI=1S/C19H20N2O/c1-13(2)14-7-9-15(10-8-14)21-17-11-12-20-19-16(17)5-4-6-18(19)22-3/h4-13H,1-3H3,(H,20,21). The normalized spacial score (nSPS) is 10.9. The van der Waals surface area contributed by atoms with Crippen molar-refractivity contribution in [3.8, 4) is 5.75 Å². The van der Waals surface area contributed by atoms with Gasteiger partial charge in [0.25, 0.3) is 0 Å². The summed E-state index contributed by atoms with van der Waals surface area (Å²) in [7, 11) is 1.67. The van der Waals surface area contributed by atoms with Crippen molar-refractivity contribution in [3.63, 3.8) is 0 Å². The number of methoxy groups -OCH3 is 1. The molecule has 22 heavy (non-hydrogen) atoms. The van der Waals surface area contributed by atoms with Gasteiger partial charge < -0.3 is 10.1 Å². The molecule has 0 spiro atoms. The molecule has 0 aliphatic heterocycles. The van der Waals surface area contributed by atoms with Gasteiger partial charge in [-0.2, -0.15) is 0 Å². The van der Waals surface area contributed by atoms with E-state index in [0.29, 0.717) is 5.92 Å². The first kappa shape index (κ1) is 14.4. The highest BCUT2D eigenvalue weighted by Gasteiger charge is 2.07. The van der Waals surface area contributed by atoms with Gasteiger partial charge >= 0.3 is 0 Å². The van der Waals surface area contributed by atoms with Gasteiger partial charge in [0, 0.05) is 23.0 Å². The lowest BCUT2D eigenvalue weighted by Gasteiger charge is -2.12. The number of ether oxygens (including phenoxy) is 1. The Bertz CT molecular complexity index is 779. The Hall–Kier alpha value is -2.55. The van der Waals surface area contributed by atoms with Crippen molar-refractivity contribution in [3.05, 3.63) is 60.3 Å². The highest BCUT2D eigenvalue weighted by atomic mass is 16.5.